The third-order valence-electron chi connectivity index (χ3n) is 4.01. The molecule has 0 saturated carbocycles. The lowest BCUT2D eigenvalue weighted by Gasteiger charge is -2.10. The first-order valence-electron chi connectivity index (χ1n) is 7.97. The number of carbonyl (C=O) groups is 1. The van der Waals surface area contributed by atoms with Crippen molar-refractivity contribution in [2.75, 3.05) is 5.32 Å². The van der Waals surface area contributed by atoms with Crippen LogP contribution in [0.15, 0.2) is 51.7 Å². The molecular weight excluding hydrogens is 318 g/mol. The van der Waals surface area contributed by atoms with Crippen LogP contribution in [0.2, 0.25) is 0 Å². The van der Waals surface area contributed by atoms with Crippen molar-refractivity contribution in [3.63, 3.8) is 0 Å². The van der Waals surface area contributed by atoms with Crippen molar-refractivity contribution >= 4 is 22.6 Å². The number of carbonyl (C=O) groups excluding carboxylic acids is 1. The van der Waals surface area contributed by atoms with Crippen LogP contribution in [0.1, 0.15) is 23.6 Å². The summed E-state index contributed by atoms with van der Waals surface area (Å²) in [6.45, 7) is 5.71. The second-order valence-corrected chi connectivity index (χ2v) is 6.02. The quantitative estimate of drug-likeness (QED) is 0.732. The number of amides is 1. The van der Waals surface area contributed by atoms with E-state index in [0.717, 1.165) is 22.1 Å². The topological polar surface area (TPSA) is 68.5 Å². The first kappa shape index (κ1) is 16.8. The third-order valence-corrected chi connectivity index (χ3v) is 4.01. The molecule has 3 aromatic rings. The smallest absolute Gasteiger partial charge is 0.336 e. The molecule has 1 heterocycles. The van der Waals surface area contributed by atoms with Crippen LogP contribution in [0.3, 0.4) is 0 Å². The molecule has 0 spiro atoms. The van der Waals surface area contributed by atoms with Gasteiger partial charge in [-0.15, -0.1) is 0 Å². The number of aryl methyl sites for hydroxylation is 2. The molecule has 25 heavy (non-hydrogen) atoms. The molecule has 0 aliphatic heterocycles. The van der Waals surface area contributed by atoms with Gasteiger partial charge in [-0.25, -0.2) is 4.79 Å². The van der Waals surface area contributed by atoms with E-state index < -0.39 is 5.63 Å². The zero-order chi connectivity index (χ0) is 18.0. The summed E-state index contributed by atoms with van der Waals surface area (Å²) >= 11 is 0. The lowest BCUT2D eigenvalue weighted by molar-refractivity contribution is -0.114. The molecule has 0 atom stereocenters. The second kappa shape index (κ2) is 6.81. The number of hydrogen-bond acceptors (Lipinski definition) is 4. The number of ether oxygens (including phenoxy) is 1. The maximum absolute atomic E-state index is 11.8. The monoisotopic (exact) mass is 337 g/mol. The summed E-state index contributed by atoms with van der Waals surface area (Å²) in [5.74, 6) is 0.529. The number of fused-ring (bicyclic) bond motifs is 1. The van der Waals surface area contributed by atoms with E-state index in [1.165, 1.54) is 13.0 Å². The molecule has 2 aromatic carbocycles. The number of nitrogens with one attached hydrogen (secondary N) is 1. The molecule has 5 heteroatoms. The Morgan fingerprint density at radius 2 is 1.76 bits per heavy atom. The Labute approximate surface area is 145 Å². The van der Waals surface area contributed by atoms with Gasteiger partial charge in [0, 0.05) is 29.6 Å². The Balaban J connectivity index is 1.84. The molecule has 1 N–H and O–H groups in total. The SMILES string of the molecule is CC(=O)Nc1ccc(OCc2cc(=O)oc3cc(C)c(C)cc23)cc1. The highest BCUT2D eigenvalue weighted by Gasteiger charge is 2.09. The van der Waals surface area contributed by atoms with E-state index in [0.29, 0.717) is 17.0 Å². The van der Waals surface area contributed by atoms with Crippen molar-refractivity contribution in [3.8, 4) is 5.75 Å². The zero-order valence-corrected chi connectivity index (χ0v) is 14.4. The van der Waals surface area contributed by atoms with E-state index in [9.17, 15) is 9.59 Å². The molecule has 0 bridgehead atoms. The fraction of sp³-hybridized carbons (Fsp3) is 0.200. The van der Waals surface area contributed by atoms with E-state index in [4.69, 9.17) is 9.15 Å². The number of benzene rings is 2. The van der Waals surface area contributed by atoms with Crippen LogP contribution in [0.5, 0.6) is 5.75 Å². The number of anilines is 1. The van der Waals surface area contributed by atoms with Gasteiger partial charge < -0.3 is 14.5 Å². The van der Waals surface area contributed by atoms with Crippen molar-refractivity contribution in [3.05, 3.63) is 69.6 Å². The van der Waals surface area contributed by atoms with Gasteiger partial charge >= 0.3 is 5.63 Å². The van der Waals surface area contributed by atoms with Gasteiger partial charge in [0.15, 0.2) is 0 Å². The molecule has 0 aliphatic rings. The molecule has 0 unspecified atom stereocenters. The Kier molecular flexibility index (Phi) is 4.57. The normalized spacial score (nSPS) is 10.7. The largest absolute Gasteiger partial charge is 0.489 e. The van der Waals surface area contributed by atoms with Crippen LogP contribution in [-0.4, -0.2) is 5.91 Å². The summed E-state index contributed by atoms with van der Waals surface area (Å²) in [4.78, 5) is 22.8. The van der Waals surface area contributed by atoms with Crippen LogP contribution in [0.4, 0.5) is 5.69 Å². The minimum absolute atomic E-state index is 0.123. The van der Waals surface area contributed by atoms with E-state index in [-0.39, 0.29) is 12.5 Å². The maximum Gasteiger partial charge on any atom is 0.336 e. The average molecular weight is 337 g/mol. The van der Waals surface area contributed by atoms with Crippen LogP contribution in [0, 0.1) is 13.8 Å². The summed E-state index contributed by atoms with van der Waals surface area (Å²) < 4.78 is 11.1. The van der Waals surface area contributed by atoms with Crippen LogP contribution in [-0.2, 0) is 11.4 Å². The van der Waals surface area contributed by atoms with Gasteiger partial charge in [-0.1, -0.05) is 0 Å². The summed E-state index contributed by atoms with van der Waals surface area (Å²) in [5.41, 5.74) is 3.85. The highest BCUT2D eigenvalue weighted by molar-refractivity contribution is 5.88. The van der Waals surface area contributed by atoms with Gasteiger partial charge in [-0.2, -0.15) is 0 Å². The maximum atomic E-state index is 11.8. The average Bonchev–Trinajstić information content (AvgIpc) is 2.55. The minimum Gasteiger partial charge on any atom is -0.489 e. The van der Waals surface area contributed by atoms with Crippen LogP contribution >= 0.6 is 0 Å². The van der Waals surface area contributed by atoms with Gasteiger partial charge in [0.25, 0.3) is 0 Å². The molecule has 0 fully saturated rings. The van der Waals surface area contributed by atoms with Gasteiger partial charge in [0.1, 0.15) is 17.9 Å². The first-order valence-corrected chi connectivity index (χ1v) is 7.97. The Morgan fingerprint density at radius 1 is 1.08 bits per heavy atom. The second-order valence-electron chi connectivity index (χ2n) is 6.02. The highest BCUT2D eigenvalue weighted by atomic mass is 16.5. The Hall–Kier alpha value is -3.08. The Bertz CT molecular complexity index is 987. The summed E-state index contributed by atoms with van der Waals surface area (Å²) in [6.07, 6.45) is 0. The fourth-order valence-electron chi connectivity index (χ4n) is 2.60. The Morgan fingerprint density at radius 3 is 2.44 bits per heavy atom. The van der Waals surface area contributed by atoms with Gasteiger partial charge in [0.2, 0.25) is 5.91 Å². The number of rotatable bonds is 4. The van der Waals surface area contributed by atoms with Crippen LogP contribution < -0.4 is 15.7 Å². The minimum atomic E-state index is -0.393. The molecular formula is C20H19NO4. The van der Waals surface area contributed by atoms with Crippen molar-refractivity contribution in [2.45, 2.75) is 27.4 Å². The molecule has 0 radical (unpaired) electrons. The van der Waals surface area contributed by atoms with Crippen molar-refractivity contribution in [2.24, 2.45) is 0 Å². The van der Waals surface area contributed by atoms with E-state index in [2.05, 4.69) is 5.32 Å². The van der Waals surface area contributed by atoms with E-state index in [1.807, 2.05) is 26.0 Å². The lowest BCUT2D eigenvalue weighted by atomic mass is 10.0. The van der Waals surface area contributed by atoms with Crippen molar-refractivity contribution in [1.29, 1.82) is 0 Å². The summed E-state index contributed by atoms with van der Waals surface area (Å²) in [5, 5.41) is 3.57. The molecule has 3 rings (SSSR count). The van der Waals surface area contributed by atoms with Gasteiger partial charge in [-0.3, -0.25) is 4.79 Å². The van der Waals surface area contributed by atoms with Crippen molar-refractivity contribution < 1.29 is 13.9 Å². The molecule has 0 aliphatic carbocycles. The molecule has 1 aromatic heterocycles. The third kappa shape index (κ3) is 3.88. The predicted molar refractivity (Wildman–Crippen MR) is 97.0 cm³/mol. The standard InChI is InChI=1S/C20H19NO4/c1-12-8-18-15(10-20(23)25-19(18)9-13(12)2)11-24-17-6-4-16(5-7-17)21-14(3)22/h4-10H,11H2,1-3H3,(H,21,22). The van der Waals surface area contributed by atoms with E-state index >= 15 is 0 Å². The summed E-state index contributed by atoms with van der Waals surface area (Å²) in [6, 6.07) is 12.4. The van der Waals surface area contributed by atoms with E-state index in [1.54, 1.807) is 24.3 Å². The predicted octanol–water partition coefficient (Wildman–Crippen LogP) is 3.95. The lowest BCUT2D eigenvalue weighted by Crippen LogP contribution is -2.06. The molecule has 0 saturated heterocycles. The van der Waals surface area contributed by atoms with Crippen LogP contribution in [0.25, 0.3) is 11.0 Å². The highest BCUT2D eigenvalue weighted by Crippen LogP contribution is 2.23. The summed E-state index contributed by atoms with van der Waals surface area (Å²) in [7, 11) is 0. The van der Waals surface area contributed by atoms with Gasteiger partial charge in [0.05, 0.1) is 0 Å². The first-order chi connectivity index (χ1) is 11.9. The van der Waals surface area contributed by atoms with Gasteiger partial charge in [-0.05, 0) is 61.4 Å². The molecule has 1 amide bonds. The fourth-order valence-corrected chi connectivity index (χ4v) is 2.60. The molecule has 5 nitrogen and oxygen atoms in total. The number of hydrogen-bond donors (Lipinski definition) is 1. The molecule has 128 valence electrons. The zero-order valence-electron chi connectivity index (χ0n) is 14.4. The van der Waals surface area contributed by atoms with Crippen molar-refractivity contribution in [1.82, 2.24) is 0 Å².